The summed E-state index contributed by atoms with van der Waals surface area (Å²) in [4.78, 5) is 0. The predicted molar refractivity (Wildman–Crippen MR) is 128 cm³/mol. The minimum Gasteiger partial charge on any atom is -0.393 e. The number of aliphatic hydroxyl groups excluding tert-OH is 1. The van der Waals surface area contributed by atoms with E-state index in [1.807, 2.05) is 0 Å². The second-order valence-electron chi connectivity index (χ2n) is 13.3. The molecule has 1 nitrogen and oxygen atoms in total. The highest BCUT2D eigenvalue weighted by Crippen LogP contribution is 2.69. The topological polar surface area (TPSA) is 20.2 Å². The van der Waals surface area contributed by atoms with Crippen LogP contribution in [-0.2, 0) is 0 Å². The minimum atomic E-state index is -0.0438. The lowest BCUT2D eigenvalue weighted by atomic mass is 9.43. The van der Waals surface area contributed by atoms with Gasteiger partial charge in [0.1, 0.15) is 0 Å². The fourth-order valence-electron chi connectivity index (χ4n) is 10.1. The minimum absolute atomic E-state index is 0.0438. The molecule has 0 heterocycles. The van der Waals surface area contributed by atoms with Crippen LogP contribution in [0.3, 0.4) is 0 Å². The Morgan fingerprint density at radius 3 is 2.13 bits per heavy atom. The van der Waals surface area contributed by atoms with Crippen molar-refractivity contribution in [2.24, 2.45) is 64.1 Å². The number of fused-ring (bicyclic) bond motifs is 5. The molecule has 0 saturated heterocycles. The smallest absolute Gasteiger partial charge is 0.0568 e. The van der Waals surface area contributed by atoms with E-state index in [-0.39, 0.29) is 6.10 Å². The third kappa shape index (κ3) is 3.52. The van der Waals surface area contributed by atoms with Crippen molar-refractivity contribution < 1.29 is 5.11 Å². The van der Waals surface area contributed by atoms with Crippen LogP contribution in [0.4, 0.5) is 0 Å². The number of hydrogen-bond acceptors (Lipinski definition) is 1. The third-order valence-electron chi connectivity index (χ3n) is 12.3. The van der Waals surface area contributed by atoms with Gasteiger partial charge in [-0.25, -0.2) is 0 Å². The van der Waals surface area contributed by atoms with Gasteiger partial charge in [-0.3, -0.25) is 0 Å². The van der Waals surface area contributed by atoms with Crippen LogP contribution in [0, 0.1) is 64.1 Å². The van der Waals surface area contributed by atoms with Crippen LogP contribution < -0.4 is 0 Å². The molecule has 0 aromatic heterocycles. The van der Waals surface area contributed by atoms with Crippen LogP contribution in [0.5, 0.6) is 0 Å². The molecule has 4 saturated carbocycles. The lowest BCUT2D eigenvalue weighted by Gasteiger charge is -2.62. The van der Waals surface area contributed by atoms with Gasteiger partial charge in [0.05, 0.1) is 6.10 Å². The first-order valence-corrected chi connectivity index (χ1v) is 13.8. The van der Waals surface area contributed by atoms with Crippen molar-refractivity contribution in [2.45, 2.75) is 119 Å². The summed E-state index contributed by atoms with van der Waals surface area (Å²) in [6, 6.07) is 0. The molecule has 3 unspecified atom stereocenters. The fraction of sp³-hybridized carbons (Fsp3) is 1.00. The Balaban J connectivity index is 1.50. The van der Waals surface area contributed by atoms with Crippen LogP contribution in [0.15, 0.2) is 0 Å². The lowest BCUT2D eigenvalue weighted by molar-refractivity contribution is -0.149. The molecule has 4 aliphatic carbocycles. The van der Waals surface area contributed by atoms with Gasteiger partial charge in [-0.1, -0.05) is 54.9 Å². The summed E-state index contributed by atoms with van der Waals surface area (Å²) in [7, 11) is 0. The molecule has 4 aliphatic rings. The van der Waals surface area contributed by atoms with Crippen molar-refractivity contribution >= 4 is 0 Å². The van der Waals surface area contributed by atoms with Gasteiger partial charge in [0.2, 0.25) is 0 Å². The monoisotopic (exact) mass is 416 g/mol. The molecule has 30 heavy (non-hydrogen) atoms. The van der Waals surface area contributed by atoms with E-state index in [2.05, 4.69) is 48.5 Å². The van der Waals surface area contributed by atoms with Crippen LogP contribution in [0.25, 0.3) is 0 Å². The molecule has 0 aliphatic heterocycles. The van der Waals surface area contributed by atoms with Crippen molar-refractivity contribution in [3.05, 3.63) is 0 Å². The second kappa shape index (κ2) is 8.39. The van der Waals surface area contributed by atoms with Gasteiger partial charge in [0.25, 0.3) is 0 Å². The van der Waals surface area contributed by atoms with Gasteiger partial charge in [-0.05, 0) is 122 Å². The van der Waals surface area contributed by atoms with Crippen molar-refractivity contribution in [2.75, 3.05) is 0 Å². The molecule has 0 amide bonds. The first-order valence-electron chi connectivity index (χ1n) is 13.8. The van der Waals surface area contributed by atoms with Gasteiger partial charge in [-0.2, -0.15) is 0 Å². The van der Waals surface area contributed by atoms with Crippen LogP contribution in [0.2, 0.25) is 0 Å². The molecule has 12 atom stereocenters. The third-order valence-corrected chi connectivity index (χ3v) is 12.3. The van der Waals surface area contributed by atoms with E-state index >= 15 is 0 Å². The number of hydrogen-bond donors (Lipinski definition) is 1. The van der Waals surface area contributed by atoms with E-state index in [1.54, 1.807) is 0 Å². The summed E-state index contributed by atoms with van der Waals surface area (Å²) < 4.78 is 0. The Hall–Kier alpha value is -0.0400. The maximum atomic E-state index is 10.5. The van der Waals surface area contributed by atoms with Crippen molar-refractivity contribution in [3.63, 3.8) is 0 Å². The van der Waals surface area contributed by atoms with Crippen molar-refractivity contribution in [1.29, 1.82) is 0 Å². The lowest BCUT2D eigenvalue weighted by Crippen LogP contribution is -2.56. The molecular weight excluding hydrogens is 364 g/mol. The van der Waals surface area contributed by atoms with Gasteiger partial charge in [-0.15, -0.1) is 0 Å². The van der Waals surface area contributed by atoms with E-state index < -0.39 is 0 Å². The summed E-state index contributed by atoms with van der Waals surface area (Å²) >= 11 is 0. The zero-order chi connectivity index (χ0) is 21.8. The van der Waals surface area contributed by atoms with Gasteiger partial charge >= 0.3 is 0 Å². The average molecular weight is 417 g/mol. The molecule has 1 heteroatoms. The van der Waals surface area contributed by atoms with E-state index in [0.29, 0.717) is 16.7 Å². The van der Waals surface area contributed by atoms with Crippen LogP contribution in [-0.4, -0.2) is 11.2 Å². The largest absolute Gasteiger partial charge is 0.393 e. The molecule has 4 fully saturated rings. The summed E-state index contributed by atoms with van der Waals surface area (Å²) in [5.74, 6) is 7.72. The summed E-state index contributed by atoms with van der Waals surface area (Å²) in [6.45, 7) is 17.7. The van der Waals surface area contributed by atoms with E-state index in [9.17, 15) is 5.11 Å². The molecule has 0 radical (unpaired) electrons. The van der Waals surface area contributed by atoms with Crippen LogP contribution in [0.1, 0.15) is 113 Å². The highest BCUT2D eigenvalue weighted by Gasteiger charge is 2.61. The highest BCUT2D eigenvalue weighted by molar-refractivity contribution is 5.10. The van der Waals surface area contributed by atoms with E-state index in [4.69, 9.17) is 0 Å². The highest BCUT2D eigenvalue weighted by atomic mass is 16.3. The SMILES string of the molecule is CC[C@@H](C)[C@H](C)C[C@@H](C)[C@H]1CCC2C3CC[C@H]4[C@H](C)[C@@H](O)CC[C@]4(C)C3CC[C@@]21C. The number of rotatable bonds is 5. The van der Waals surface area contributed by atoms with Crippen LogP contribution >= 0.6 is 0 Å². The Labute approximate surface area is 188 Å². The fourth-order valence-corrected chi connectivity index (χ4v) is 10.1. The summed E-state index contributed by atoms with van der Waals surface area (Å²) in [5, 5.41) is 10.5. The van der Waals surface area contributed by atoms with Gasteiger partial charge < -0.3 is 5.11 Å². The van der Waals surface area contributed by atoms with Crippen molar-refractivity contribution in [1.82, 2.24) is 0 Å². The summed E-state index contributed by atoms with van der Waals surface area (Å²) in [6.07, 6.45) is 13.8. The Kier molecular flexibility index (Phi) is 6.47. The molecule has 1 N–H and O–H groups in total. The van der Waals surface area contributed by atoms with E-state index in [1.165, 1.54) is 57.8 Å². The summed E-state index contributed by atoms with van der Waals surface area (Å²) in [5.41, 5.74) is 1.09. The Morgan fingerprint density at radius 1 is 0.800 bits per heavy atom. The van der Waals surface area contributed by atoms with Gasteiger partial charge in [0.15, 0.2) is 0 Å². The van der Waals surface area contributed by atoms with E-state index in [0.717, 1.165) is 53.8 Å². The number of aliphatic hydroxyl groups is 1. The molecule has 4 rings (SSSR count). The Bertz CT molecular complexity index is 599. The zero-order valence-corrected chi connectivity index (χ0v) is 21.3. The zero-order valence-electron chi connectivity index (χ0n) is 21.3. The normalized spacial score (nSPS) is 51.4. The first-order chi connectivity index (χ1) is 14.1. The Morgan fingerprint density at radius 2 is 1.43 bits per heavy atom. The second-order valence-corrected chi connectivity index (χ2v) is 13.3. The maximum Gasteiger partial charge on any atom is 0.0568 e. The molecule has 0 spiro atoms. The standard InChI is InChI=1S/C29H52O/c1-8-18(2)19(3)17-20(4)23-11-12-25-22-9-10-24-21(5)27(30)14-16-29(24,7)26(22)13-15-28(23,25)6/h18-27,30H,8-17H2,1-7H3/t18-,19-,20-,21+,22?,23-,24+,25?,26?,27+,28-,29+/m1/s1. The first kappa shape index (κ1) is 23.1. The molecule has 0 aromatic rings. The van der Waals surface area contributed by atoms with Crippen molar-refractivity contribution in [3.8, 4) is 0 Å². The molecule has 0 aromatic carbocycles. The van der Waals surface area contributed by atoms with Gasteiger partial charge in [0, 0.05) is 0 Å². The average Bonchev–Trinajstić information content (AvgIpc) is 3.07. The quantitative estimate of drug-likeness (QED) is 0.482. The predicted octanol–water partition coefficient (Wildman–Crippen LogP) is 7.96. The molecule has 0 bridgehead atoms. The maximum absolute atomic E-state index is 10.5. The molecule has 174 valence electrons. The molecular formula is C29H52O.